The number of carbonyl (C=O) groups is 1. The Morgan fingerprint density at radius 2 is 1.93 bits per heavy atom. The SMILES string of the molecule is C[C@H]1O[C@@H](OCc2ccccc2[N+](=O)[O-])[C@H](OCOCC[Si](C)(C)C)[C@@H](O)C1=O. The molecule has 1 saturated heterocycles. The summed E-state index contributed by atoms with van der Waals surface area (Å²) >= 11 is 0. The number of aliphatic hydroxyl groups excluding tert-OH is 1. The van der Waals surface area contributed by atoms with E-state index in [1.54, 1.807) is 18.2 Å². The second-order valence-electron chi connectivity index (χ2n) is 8.16. The van der Waals surface area contributed by atoms with E-state index in [4.69, 9.17) is 18.9 Å². The number of hydrogen-bond donors (Lipinski definition) is 1. The third-order valence-corrected chi connectivity index (χ3v) is 6.25. The highest BCUT2D eigenvalue weighted by molar-refractivity contribution is 6.76. The number of ether oxygens (including phenoxy) is 4. The number of Topliss-reactive ketones (excluding diaryl/α,β-unsaturated/α-hetero) is 1. The number of nitrogens with zero attached hydrogens (tertiary/aromatic N) is 1. The summed E-state index contributed by atoms with van der Waals surface area (Å²) in [5.74, 6) is -0.511. The minimum atomic E-state index is -1.44. The van der Waals surface area contributed by atoms with Crippen LogP contribution in [0.25, 0.3) is 0 Å². The Labute approximate surface area is 171 Å². The molecule has 4 atom stereocenters. The van der Waals surface area contributed by atoms with Crippen LogP contribution in [0.5, 0.6) is 0 Å². The quantitative estimate of drug-likeness (QED) is 0.199. The fraction of sp³-hybridized carbons (Fsp3) is 0.632. The van der Waals surface area contributed by atoms with Gasteiger partial charge in [0.2, 0.25) is 0 Å². The molecule has 29 heavy (non-hydrogen) atoms. The molecule has 0 bridgehead atoms. The van der Waals surface area contributed by atoms with Crippen LogP contribution in [0.15, 0.2) is 24.3 Å². The van der Waals surface area contributed by atoms with Gasteiger partial charge in [0.05, 0.1) is 17.1 Å². The first kappa shape index (κ1) is 23.6. The van der Waals surface area contributed by atoms with Crippen molar-refractivity contribution in [2.45, 2.75) is 63.8 Å². The summed E-state index contributed by atoms with van der Waals surface area (Å²) in [6, 6.07) is 7.12. The summed E-state index contributed by atoms with van der Waals surface area (Å²) < 4.78 is 22.2. The highest BCUT2D eigenvalue weighted by Gasteiger charge is 2.44. The zero-order valence-electron chi connectivity index (χ0n) is 17.2. The number of para-hydroxylation sites is 1. The van der Waals surface area contributed by atoms with Gasteiger partial charge >= 0.3 is 0 Å². The minimum absolute atomic E-state index is 0.0832. The number of rotatable bonds is 10. The third-order valence-electron chi connectivity index (χ3n) is 4.54. The maximum Gasteiger partial charge on any atom is 0.274 e. The van der Waals surface area contributed by atoms with E-state index in [1.807, 2.05) is 0 Å². The number of nitro benzene ring substituents is 1. The Hall–Kier alpha value is -1.69. The molecular formula is C19H29NO8Si. The number of hydrogen-bond acceptors (Lipinski definition) is 8. The molecule has 0 aliphatic carbocycles. The van der Waals surface area contributed by atoms with E-state index in [2.05, 4.69) is 19.6 Å². The molecule has 1 aromatic carbocycles. The Morgan fingerprint density at radius 1 is 1.24 bits per heavy atom. The van der Waals surface area contributed by atoms with Crippen molar-refractivity contribution in [1.29, 1.82) is 0 Å². The fourth-order valence-electron chi connectivity index (χ4n) is 2.75. The zero-order chi connectivity index (χ0) is 21.6. The fourth-order valence-corrected chi connectivity index (χ4v) is 3.50. The van der Waals surface area contributed by atoms with E-state index in [0.29, 0.717) is 12.2 Å². The molecule has 2 rings (SSSR count). The van der Waals surface area contributed by atoms with E-state index in [0.717, 1.165) is 6.04 Å². The molecular weight excluding hydrogens is 398 g/mol. The molecule has 1 N–H and O–H groups in total. The summed E-state index contributed by atoms with van der Waals surface area (Å²) in [6.45, 7) is 8.45. The maximum atomic E-state index is 12.1. The van der Waals surface area contributed by atoms with Crippen molar-refractivity contribution >= 4 is 19.5 Å². The standard InChI is InChI=1S/C19H29NO8Si/c1-13-16(21)17(22)18(27-12-25-9-10-29(2,3)4)19(28-13)26-11-14-7-5-6-8-15(14)20(23)24/h5-8,13,17-19,22H,9-12H2,1-4H3/t13-,17+,18-,19-/m1/s1. The van der Waals surface area contributed by atoms with E-state index in [1.165, 1.54) is 13.0 Å². The molecule has 1 aliphatic heterocycles. The summed E-state index contributed by atoms with van der Waals surface area (Å²) in [7, 11) is -1.25. The van der Waals surface area contributed by atoms with Crippen LogP contribution >= 0.6 is 0 Å². The number of benzene rings is 1. The van der Waals surface area contributed by atoms with Crippen LogP contribution in [0.3, 0.4) is 0 Å². The van der Waals surface area contributed by atoms with Crippen LogP contribution in [0.4, 0.5) is 5.69 Å². The predicted molar refractivity (Wildman–Crippen MR) is 107 cm³/mol. The second-order valence-corrected chi connectivity index (χ2v) is 13.8. The third kappa shape index (κ3) is 6.95. The predicted octanol–water partition coefficient (Wildman–Crippen LogP) is 2.48. The van der Waals surface area contributed by atoms with Crippen LogP contribution in [-0.4, -0.2) is 61.9 Å². The van der Waals surface area contributed by atoms with E-state index in [9.17, 15) is 20.0 Å². The van der Waals surface area contributed by atoms with Crippen molar-refractivity contribution in [3.05, 3.63) is 39.9 Å². The topological polar surface area (TPSA) is 117 Å². The Bertz CT molecular complexity index is 708. The van der Waals surface area contributed by atoms with Gasteiger partial charge in [-0.3, -0.25) is 14.9 Å². The number of carbonyl (C=O) groups excluding carboxylic acids is 1. The number of nitro groups is 1. The van der Waals surface area contributed by atoms with Gasteiger partial charge in [-0.2, -0.15) is 0 Å². The number of ketones is 1. The summed E-state index contributed by atoms with van der Waals surface area (Å²) in [5.41, 5.74) is 0.269. The van der Waals surface area contributed by atoms with Gasteiger partial charge in [0.25, 0.3) is 5.69 Å². The van der Waals surface area contributed by atoms with Crippen molar-refractivity contribution in [2.24, 2.45) is 0 Å². The Kier molecular flexibility index (Phi) is 8.43. The van der Waals surface area contributed by atoms with E-state index in [-0.39, 0.29) is 19.1 Å². The van der Waals surface area contributed by atoms with Gasteiger partial charge in [-0.05, 0) is 19.0 Å². The molecule has 0 unspecified atom stereocenters. The highest BCUT2D eigenvalue weighted by atomic mass is 28.3. The van der Waals surface area contributed by atoms with Gasteiger partial charge < -0.3 is 24.1 Å². The van der Waals surface area contributed by atoms with Crippen molar-refractivity contribution in [3.8, 4) is 0 Å². The molecule has 0 saturated carbocycles. The lowest BCUT2D eigenvalue weighted by atomic mass is 10.0. The minimum Gasteiger partial charge on any atom is -0.382 e. The first-order chi connectivity index (χ1) is 13.6. The van der Waals surface area contributed by atoms with Gasteiger partial charge in [-0.25, -0.2) is 0 Å². The summed E-state index contributed by atoms with van der Waals surface area (Å²) in [6.07, 6.45) is -4.48. The molecule has 162 valence electrons. The Morgan fingerprint density at radius 3 is 2.59 bits per heavy atom. The number of aliphatic hydroxyl groups is 1. The van der Waals surface area contributed by atoms with Gasteiger partial charge in [0.1, 0.15) is 25.1 Å². The van der Waals surface area contributed by atoms with Gasteiger partial charge in [0.15, 0.2) is 12.1 Å². The highest BCUT2D eigenvalue weighted by Crippen LogP contribution is 2.25. The van der Waals surface area contributed by atoms with Crippen molar-refractivity contribution in [2.75, 3.05) is 13.4 Å². The summed E-state index contributed by atoms with van der Waals surface area (Å²) in [5, 5.41) is 21.5. The van der Waals surface area contributed by atoms with Crippen LogP contribution in [0.1, 0.15) is 12.5 Å². The van der Waals surface area contributed by atoms with Crippen LogP contribution in [-0.2, 0) is 30.3 Å². The monoisotopic (exact) mass is 427 g/mol. The molecule has 1 heterocycles. The van der Waals surface area contributed by atoms with Gasteiger partial charge in [0, 0.05) is 20.7 Å². The molecule has 0 radical (unpaired) electrons. The average molecular weight is 428 g/mol. The molecule has 1 aromatic rings. The first-order valence-electron chi connectivity index (χ1n) is 9.50. The van der Waals surface area contributed by atoms with E-state index < -0.39 is 43.4 Å². The van der Waals surface area contributed by atoms with Crippen LogP contribution in [0.2, 0.25) is 25.7 Å². The molecule has 1 aliphatic rings. The van der Waals surface area contributed by atoms with Crippen molar-refractivity contribution in [3.63, 3.8) is 0 Å². The lowest BCUT2D eigenvalue weighted by molar-refractivity contribution is -0.386. The first-order valence-corrected chi connectivity index (χ1v) is 13.2. The molecule has 0 aromatic heterocycles. The van der Waals surface area contributed by atoms with E-state index >= 15 is 0 Å². The average Bonchev–Trinajstić information content (AvgIpc) is 2.65. The smallest absolute Gasteiger partial charge is 0.274 e. The maximum absolute atomic E-state index is 12.1. The van der Waals surface area contributed by atoms with Crippen molar-refractivity contribution < 1.29 is 33.8 Å². The lowest BCUT2D eigenvalue weighted by Gasteiger charge is -2.36. The zero-order valence-corrected chi connectivity index (χ0v) is 18.2. The lowest BCUT2D eigenvalue weighted by Crippen LogP contribution is -2.56. The van der Waals surface area contributed by atoms with Crippen molar-refractivity contribution in [1.82, 2.24) is 0 Å². The summed E-state index contributed by atoms with van der Waals surface area (Å²) in [4.78, 5) is 22.7. The van der Waals surface area contributed by atoms with Gasteiger partial charge in [-0.15, -0.1) is 0 Å². The normalized spacial score (nSPS) is 25.2. The largest absolute Gasteiger partial charge is 0.382 e. The molecule has 0 amide bonds. The Balaban J connectivity index is 1.99. The second kappa shape index (κ2) is 10.4. The molecule has 0 spiro atoms. The molecule has 9 nitrogen and oxygen atoms in total. The molecule has 1 fully saturated rings. The van der Waals surface area contributed by atoms with Crippen LogP contribution in [0, 0.1) is 10.1 Å². The van der Waals surface area contributed by atoms with Crippen LogP contribution < -0.4 is 0 Å². The van der Waals surface area contributed by atoms with Gasteiger partial charge in [-0.1, -0.05) is 31.8 Å². The molecule has 10 heteroatoms.